The van der Waals surface area contributed by atoms with Crippen LogP contribution >= 0.6 is 0 Å². The molecule has 0 bridgehead atoms. The van der Waals surface area contributed by atoms with E-state index in [2.05, 4.69) is 174 Å². The third-order valence-corrected chi connectivity index (χ3v) is 13.5. The van der Waals surface area contributed by atoms with Gasteiger partial charge in [-0.25, -0.2) is 15.0 Å². The van der Waals surface area contributed by atoms with Crippen LogP contribution in [-0.2, 0) is 0 Å². The summed E-state index contributed by atoms with van der Waals surface area (Å²) >= 11 is 0. The maximum absolute atomic E-state index is 7.00. The van der Waals surface area contributed by atoms with Crippen molar-refractivity contribution in [2.75, 3.05) is 0 Å². The first-order chi connectivity index (χ1) is 34.2. The molecule has 0 spiro atoms. The maximum atomic E-state index is 7.00. The minimum absolute atomic E-state index is 0.535. The zero-order valence-electron chi connectivity index (χ0n) is 37.0. The first-order valence-corrected chi connectivity index (χ1v) is 23.2. The second-order valence-corrected chi connectivity index (χ2v) is 17.5. The molecule has 4 aromatic heterocycles. The van der Waals surface area contributed by atoms with Crippen molar-refractivity contribution in [1.82, 2.24) is 19.5 Å². The van der Waals surface area contributed by atoms with E-state index in [1.807, 2.05) is 60.7 Å². The number of hydrogen-bond donors (Lipinski definition) is 0. The van der Waals surface area contributed by atoms with E-state index in [0.29, 0.717) is 23.1 Å². The van der Waals surface area contributed by atoms with E-state index in [1.165, 1.54) is 10.9 Å². The van der Waals surface area contributed by atoms with Gasteiger partial charge in [0.05, 0.1) is 16.7 Å². The summed E-state index contributed by atoms with van der Waals surface area (Å²) in [6, 6.07) is 80.3. The van der Waals surface area contributed by atoms with Gasteiger partial charge in [0.25, 0.3) is 0 Å². The van der Waals surface area contributed by atoms with Gasteiger partial charge in [0.2, 0.25) is 0 Å². The van der Waals surface area contributed by atoms with Gasteiger partial charge in [-0.2, -0.15) is 0 Å². The molecule has 0 radical (unpaired) electrons. The van der Waals surface area contributed by atoms with Crippen LogP contribution < -0.4 is 0 Å². The van der Waals surface area contributed by atoms with Crippen LogP contribution in [0.2, 0.25) is 0 Å². The van der Waals surface area contributed by atoms with Crippen molar-refractivity contribution in [3.8, 4) is 73.2 Å². The Morgan fingerprint density at radius 1 is 0.304 bits per heavy atom. The predicted molar refractivity (Wildman–Crippen MR) is 281 cm³/mol. The SMILES string of the molecule is c1ccc(-c2ccc(-c3nc(-c4ccccc4)nc(-c4cc(-c5c(-n6c7ccccc7c7cc(-c8ccccc8)ccc76)ccc6c5oc5ccccc56)cc5oc6ccccc6c45)n3)cc2)cc1. The molecular formula is C63H38N4O2. The second-order valence-electron chi connectivity index (χ2n) is 17.5. The molecule has 0 N–H and O–H groups in total. The normalized spacial score (nSPS) is 11.8. The van der Waals surface area contributed by atoms with E-state index < -0.39 is 0 Å². The zero-order valence-corrected chi connectivity index (χ0v) is 37.0. The van der Waals surface area contributed by atoms with E-state index in [9.17, 15) is 0 Å². The minimum atomic E-state index is 0.535. The molecular weight excluding hydrogens is 845 g/mol. The smallest absolute Gasteiger partial charge is 0.164 e. The molecule has 0 aliphatic carbocycles. The van der Waals surface area contributed by atoms with Gasteiger partial charge >= 0.3 is 0 Å². The Balaban J connectivity index is 1.06. The van der Waals surface area contributed by atoms with Crippen LogP contribution in [0.1, 0.15) is 0 Å². The van der Waals surface area contributed by atoms with Crippen molar-refractivity contribution in [3.05, 3.63) is 231 Å². The molecule has 69 heavy (non-hydrogen) atoms. The molecule has 0 amide bonds. The first-order valence-electron chi connectivity index (χ1n) is 23.2. The van der Waals surface area contributed by atoms with Gasteiger partial charge in [-0.3, -0.25) is 0 Å². The van der Waals surface area contributed by atoms with E-state index in [-0.39, 0.29) is 0 Å². The Morgan fingerprint density at radius 3 is 1.55 bits per heavy atom. The lowest BCUT2D eigenvalue weighted by Gasteiger charge is -2.16. The van der Waals surface area contributed by atoms with Gasteiger partial charge in [-0.1, -0.05) is 176 Å². The molecule has 0 atom stereocenters. The lowest BCUT2D eigenvalue weighted by atomic mass is 9.95. The molecule has 4 heterocycles. The molecule has 0 saturated heterocycles. The number of furan rings is 2. The van der Waals surface area contributed by atoms with Gasteiger partial charge in [0.15, 0.2) is 17.5 Å². The molecule has 0 fully saturated rings. The number of fused-ring (bicyclic) bond motifs is 9. The summed E-state index contributed by atoms with van der Waals surface area (Å²) in [5.41, 5.74) is 15.3. The summed E-state index contributed by atoms with van der Waals surface area (Å²) in [6.07, 6.45) is 0. The Kier molecular flexibility index (Phi) is 8.79. The summed E-state index contributed by atoms with van der Waals surface area (Å²) < 4.78 is 16.2. The maximum Gasteiger partial charge on any atom is 0.164 e. The summed E-state index contributed by atoms with van der Waals surface area (Å²) in [5.74, 6) is 1.69. The number of hydrogen-bond acceptors (Lipinski definition) is 5. The number of benzene rings is 10. The Hall–Kier alpha value is -9.39. The third-order valence-electron chi connectivity index (χ3n) is 13.5. The predicted octanol–water partition coefficient (Wildman–Crippen LogP) is 16.8. The largest absolute Gasteiger partial charge is 0.456 e. The van der Waals surface area contributed by atoms with E-state index in [0.717, 1.165) is 105 Å². The van der Waals surface area contributed by atoms with Crippen LogP contribution in [0.15, 0.2) is 239 Å². The molecule has 322 valence electrons. The number of nitrogens with zero attached hydrogens (tertiary/aromatic N) is 4. The quantitative estimate of drug-likeness (QED) is 0.159. The van der Waals surface area contributed by atoms with Crippen LogP contribution in [0.25, 0.3) is 139 Å². The van der Waals surface area contributed by atoms with Crippen molar-refractivity contribution in [1.29, 1.82) is 0 Å². The fourth-order valence-corrected chi connectivity index (χ4v) is 10.2. The Bertz CT molecular complexity index is 4290. The highest BCUT2D eigenvalue weighted by molar-refractivity contribution is 6.17. The standard InChI is InChI=1S/C63H38N4O2/c1-4-16-39(17-5-1)41-28-30-43(31-29-41)62-64-61(42-20-8-3-9-21-42)65-63(66-62)51-37-45(38-57-59(51)49-24-12-15-27-56(49)68-57)58-54(35-33-48-47-23-11-14-26-55(47)69-60(48)58)67-52-25-13-10-22-46(52)50-36-44(32-34-53(50)67)40-18-6-2-7-19-40/h1-38H. The van der Waals surface area contributed by atoms with Gasteiger partial charge < -0.3 is 13.4 Å². The fourth-order valence-electron chi connectivity index (χ4n) is 10.2. The molecule has 10 aromatic carbocycles. The molecule has 6 heteroatoms. The molecule has 0 saturated carbocycles. The highest BCUT2D eigenvalue weighted by atomic mass is 16.3. The van der Waals surface area contributed by atoms with E-state index in [4.69, 9.17) is 23.8 Å². The van der Waals surface area contributed by atoms with Crippen molar-refractivity contribution < 1.29 is 8.83 Å². The molecule has 14 rings (SSSR count). The summed E-state index contributed by atoms with van der Waals surface area (Å²) in [4.78, 5) is 15.8. The topological polar surface area (TPSA) is 69.9 Å². The molecule has 14 aromatic rings. The van der Waals surface area contributed by atoms with Crippen LogP contribution in [0.3, 0.4) is 0 Å². The Morgan fingerprint density at radius 2 is 0.826 bits per heavy atom. The lowest BCUT2D eigenvalue weighted by Crippen LogP contribution is -2.01. The van der Waals surface area contributed by atoms with Crippen molar-refractivity contribution in [2.45, 2.75) is 0 Å². The second kappa shape index (κ2) is 15.6. The number of aromatic nitrogens is 4. The zero-order chi connectivity index (χ0) is 45.4. The fraction of sp³-hybridized carbons (Fsp3) is 0. The lowest BCUT2D eigenvalue weighted by molar-refractivity contribution is 0.668. The van der Waals surface area contributed by atoms with E-state index in [1.54, 1.807) is 0 Å². The van der Waals surface area contributed by atoms with Crippen LogP contribution in [0.5, 0.6) is 0 Å². The van der Waals surface area contributed by atoms with Gasteiger partial charge in [0, 0.05) is 54.6 Å². The van der Waals surface area contributed by atoms with Crippen LogP contribution in [0.4, 0.5) is 0 Å². The van der Waals surface area contributed by atoms with Crippen molar-refractivity contribution >= 4 is 65.7 Å². The summed E-state index contributed by atoms with van der Waals surface area (Å²) in [6.45, 7) is 0. The van der Waals surface area contributed by atoms with E-state index >= 15 is 0 Å². The first kappa shape index (κ1) is 38.8. The van der Waals surface area contributed by atoms with Gasteiger partial charge in [-0.15, -0.1) is 0 Å². The van der Waals surface area contributed by atoms with Gasteiger partial charge in [0.1, 0.15) is 22.3 Å². The highest BCUT2D eigenvalue weighted by Crippen LogP contribution is 2.47. The summed E-state index contributed by atoms with van der Waals surface area (Å²) in [5, 5.41) is 6.30. The van der Waals surface area contributed by atoms with Crippen LogP contribution in [0, 0.1) is 0 Å². The average molecular weight is 883 g/mol. The monoisotopic (exact) mass is 882 g/mol. The molecule has 0 aliphatic heterocycles. The number of para-hydroxylation sites is 3. The minimum Gasteiger partial charge on any atom is -0.456 e. The van der Waals surface area contributed by atoms with Gasteiger partial charge in [-0.05, 0) is 82.4 Å². The molecule has 6 nitrogen and oxygen atoms in total. The molecule has 0 unspecified atom stereocenters. The van der Waals surface area contributed by atoms with Crippen molar-refractivity contribution in [2.24, 2.45) is 0 Å². The molecule has 0 aliphatic rings. The summed E-state index contributed by atoms with van der Waals surface area (Å²) in [7, 11) is 0. The Labute approximate surface area is 396 Å². The highest BCUT2D eigenvalue weighted by Gasteiger charge is 2.25. The van der Waals surface area contributed by atoms with Crippen molar-refractivity contribution in [3.63, 3.8) is 0 Å². The average Bonchev–Trinajstić information content (AvgIpc) is 4.10. The third kappa shape index (κ3) is 6.38. The number of rotatable bonds is 7. The van der Waals surface area contributed by atoms with Crippen LogP contribution in [-0.4, -0.2) is 19.5 Å².